The number of fused-ring (bicyclic) bond motifs is 1. The summed E-state index contributed by atoms with van der Waals surface area (Å²) in [5, 5.41) is 21.5. The number of carbonyl (C=O) groups is 2. The molecule has 1 aliphatic heterocycles. The number of likely N-dealkylation sites (tertiary alicyclic amines) is 1. The fourth-order valence-electron chi connectivity index (χ4n) is 6.24. The number of carbonyl (C=O) groups excluding carboxylic acids is 2. The first kappa shape index (κ1) is 33.2. The molecule has 0 unspecified atom stereocenters. The average molecular weight is 685 g/mol. The highest BCUT2D eigenvalue weighted by Gasteiger charge is 2.37. The second kappa shape index (κ2) is 13.2. The highest BCUT2D eigenvalue weighted by atomic mass is 16.3. The number of β-amino-alcohol motifs (C(OH)–C–C–N with tert-alkyl or cyclic N) is 1. The molecule has 4 aromatic heterocycles. The van der Waals surface area contributed by atoms with E-state index in [9.17, 15) is 19.5 Å². The molecule has 1 aliphatic rings. The molecule has 2 amide bonds. The summed E-state index contributed by atoms with van der Waals surface area (Å²) in [5.74, 6) is 0.484. The molecular weight excluding hydrogens is 648 g/mol. The number of aliphatic hydroxyl groups is 1. The van der Waals surface area contributed by atoms with Gasteiger partial charge in [0.25, 0.3) is 11.5 Å². The Bertz CT molecular complexity index is 2340. The number of hydrogen-bond acceptors (Lipinski definition) is 9. The van der Waals surface area contributed by atoms with E-state index in [-0.39, 0.29) is 11.5 Å². The molecule has 6 aromatic rings. The van der Waals surface area contributed by atoms with Crippen LogP contribution in [0.5, 0.6) is 0 Å². The summed E-state index contributed by atoms with van der Waals surface area (Å²) in [6.07, 6.45) is 6.72. The molecule has 1 saturated heterocycles. The SMILES string of the molecule is C=Nc1ncc(-c2cnn(C(C)(C)C(=O)N3CC[C@@H](O)C3)c2)cc1-c1ccc(NC(=O)c2cn(Cc3ccccc3)c3nc(C)nn3c2=O)cc1. The van der Waals surface area contributed by atoms with Crippen molar-refractivity contribution >= 4 is 35.8 Å². The predicted octanol–water partition coefficient (Wildman–Crippen LogP) is 4.09. The van der Waals surface area contributed by atoms with E-state index < -0.39 is 23.1 Å². The summed E-state index contributed by atoms with van der Waals surface area (Å²) < 4.78 is 4.52. The van der Waals surface area contributed by atoms with Gasteiger partial charge >= 0.3 is 0 Å². The van der Waals surface area contributed by atoms with Gasteiger partial charge in [0, 0.05) is 54.1 Å². The summed E-state index contributed by atoms with van der Waals surface area (Å²) in [6.45, 7) is 10.2. The number of amides is 2. The fraction of sp³-hybridized carbons (Fsp3) is 0.243. The van der Waals surface area contributed by atoms with Crippen LogP contribution in [0.15, 0.2) is 95.2 Å². The maximum atomic E-state index is 13.5. The molecule has 1 atom stereocenters. The summed E-state index contributed by atoms with van der Waals surface area (Å²) in [5.41, 5.74) is 2.82. The highest BCUT2D eigenvalue weighted by molar-refractivity contribution is 6.04. The van der Waals surface area contributed by atoms with Gasteiger partial charge < -0.3 is 19.9 Å². The Kier molecular flexibility index (Phi) is 8.61. The maximum absolute atomic E-state index is 13.5. The normalized spacial score (nSPS) is 14.6. The van der Waals surface area contributed by atoms with Gasteiger partial charge in [-0.2, -0.15) is 14.6 Å². The predicted molar refractivity (Wildman–Crippen MR) is 192 cm³/mol. The number of rotatable bonds is 9. The van der Waals surface area contributed by atoms with Crippen molar-refractivity contribution in [2.45, 2.75) is 45.4 Å². The third-order valence-electron chi connectivity index (χ3n) is 9.03. The van der Waals surface area contributed by atoms with E-state index in [0.29, 0.717) is 54.7 Å². The molecule has 7 rings (SSSR count). The van der Waals surface area contributed by atoms with Crippen LogP contribution < -0.4 is 10.9 Å². The van der Waals surface area contributed by atoms with E-state index in [1.165, 1.54) is 6.20 Å². The van der Waals surface area contributed by atoms with Crippen LogP contribution in [0.2, 0.25) is 0 Å². The number of aryl methyl sites for hydroxylation is 1. The molecule has 0 aliphatic carbocycles. The van der Waals surface area contributed by atoms with Crippen molar-refractivity contribution in [1.29, 1.82) is 0 Å². The second-order valence-electron chi connectivity index (χ2n) is 13.0. The minimum absolute atomic E-state index is 0.0779. The van der Waals surface area contributed by atoms with Crippen molar-refractivity contribution in [3.63, 3.8) is 0 Å². The van der Waals surface area contributed by atoms with E-state index in [1.807, 2.05) is 48.5 Å². The summed E-state index contributed by atoms with van der Waals surface area (Å²) in [4.78, 5) is 54.8. The lowest BCUT2D eigenvalue weighted by molar-refractivity contribution is -0.139. The topological polar surface area (TPSA) is 165 Å². The first-order chi connectivity index (χ1) is 24.5. The zero-order valence-corrected chi connectivity index (χ0v) is 28.4. The molecule has 14 heteroatoms. The van der Waals surface area contributed by atoms with Gasteiger partial charge in [0.1, 0.15) is 16.9 Å². The number of aliphatic imine (C=N–C) groups is 1. The maximum Gasteiger partial charge on any atom is 0.288 e. The Morgan fingerprint density at radius 2 is 1.80 bits per heavy atom. The van der Waals surface area contributed by atoms with Crippen LogP contribution in [0.4, 0.5) is 11.5 Å². The second-order valence-corrected chi connectivity index (χ2v) is 13.0. The first-order valence-electron chi connectivity index (χ1n) is 16.4. The van der Waals surface area contributed by atoms with Gasteiger partial charge in [-0.25, -0.2) is 9.98 Å². The largest absolute Gasteiger partial charge is 0.391 e. The first-order valence-corrected chi connectivity index (χ1v) is 16.4. The van der Waals surface area contributed by atoms with Crippen molar-refractivity contribution in [2.75, 3.05) is 18.4 Å². The van der Waals surface area contributed by atoms with Gasteiger partial charge in [-0.05, 0) is 63.2 Å². The van der Waals surface area contributed by atoms with E-state index in [2.05, 4.69) is 37.2 Å². The van der Waals surface area contributed by atoms with Gasteiger partial charge in [0.2, 0.25) is 11.7 Å². The van der Waals surface area contributed by atoms with Gasteiger partial charge in [-0.1, -0.05) is 42.5 Å². The minimum Gasteiger partial charge on any atom is -0.391 e. The molecule has 0 spiro atoms. The van der Waals surface area contributed by atoms with Crippen LogP contribution in [-0.4, -0.2) is 81.7 Å². The van der Waals surface area contributed by atoms with Gasteiger partial charge in [0.15, 0.2) is 5.82 Å². The molecule has 5 heterocycles. The standard InChI is InChI=1S/C37H36N10O4/c1-23-41-36-45(19-24-8-6-5-7-9-24)22-31(34(50)47(36)43-23)33(49)42-28-12-10-25(11-13-28)30-16-26(17-39-32(30)38-4)27-18-40-46(20-27)37(2,3)35(51)44-15-14-29(48)21-44/h5-13,16-18,20,22,29,48H,4,14-15,19,21H2,1-3H3,(H,42,49)/t29-/m1/s1. The smallest absolute Gasteiger partial charge is 0.288 e. The van der Waals surface area contributed by atoms with Crippen LogP contribution in [0.25, 0.3) is 28.0 Å². The van der Waals surface area contributed by atoms with Crippen LogP contribution in [0.1, 0.15) is 42.0 Å². The lowest BCUT2D eigenvalue weighted by Crippen LogP contribution is -2.46. The third kappa shape index (κ3) is 6.44. The number of nitrogens with one attached hydrogen (secondary N) is 1. The number of aromatic nitrogens is 7. The number of pyridine rings is 1. The lowest BCUT2D eigenvalue weighted by atomic mass is 10.0. The van der Waals surface area contributed by atoms with E-state index >= 15 is 0 Å². The van der Waals surface area contributed by atoms with Gasteiger partial charge in [0.05, 0.1) is 18.8 Å². The Morgan fingerprint density at radius 3 is 2.51 bits per heavy atom. The Hall–Kier alpha value is -6.28. The van der Waals surface area contributed by atoms with Crippen molar-refractivity contribution in [3.8, 4) is 22.3 Å². The van der Waals surface area contributed by atoms with Crippen molar-refractivity contribution in [1.82, 2.24) is 38.8 Å². The molecule has 1 fully saturated rings. The van der Waals surface area contributed by atoms with Crippen LogP contribution in [-0.2, 0) is 16.9 Å². The third-order valence-corrected chi connectivity index (χ3v) is 9.03. The molecule has 2 N–H and O–H groups in total. The fourth-order valence-corrected chi connectivity index (χ4v) is 6.24. The van der Waals surface area contributed by atoms with Crippen LogP contribution in [0.3, 0.4) is 0 Å². The number of hydrogen-bond donors (Lipinski definition) is 2. The zero-order chi connectivity index (χ0) is 35.9. The summed E-state index contributed by atoms with van der Waals surface area (Å²) in [7, 11) is 0. The van der Waals surface area contributed by atoms with Crippen molar-refractivity contribution < 1.29 is 14.7 Å². The molecular formula is C37H36N10O4. The van der Waals surface area contributed by atoms with Gasteiger partial charge in [-0.3, -0.25) is 19.1 Å². The van der Waals surface area contributed by atoms with Crippen molar-refractivity contribution in [3.05, 3.63) is 113 Å². The van der Waals surface area contributed by atoms with E-state index in [1.54, 1.807) is 65.6 Å². The molecule has 14 nitrogen and oxygen atoms in total. The average Bonchev–Trinajstić information content (AvgIpc) is 3.90. The van der Waals surface area contributed by atoms with Crippen LogP contribution >= 0.6 is 0 Å². The van der Waals surface area contributed by atoms with Gasteiger partial charge in [-0.15, -0.1) is 5.10 Å². The Balaban J connectivity index is 1.12. The lowest BCUT2D eigenvalue weighted by Gasteiger charge is -2.29. The highest BCUT2D eigenvalue weighted by Crippen LogP contribution is 2.34. The quantitative estimate of drug-likeness (QED) is 0.215. The van der Waals surface area contributed by atoms with Crippen LogP contribution in [0, 0.1) is 6.92 Å². The number of benzene rings is 2. The number of nitrogens with zero attached hydrogens (tertiary/aromatic N) is 9. The molecule has 0 bridgehead atoms. The molecule has 2 aromatic carbocycles. The molecule has 51 heavy (non-hydrogen) atoms. The zero-order valence-electron chi connectivity index (χ0n) is 28.4. The number of anilines is 1. The molecule has 0 saturated carbocycles. The van der Waals surface area contributed by atoms with Crippen molar-refractivity contribution in [2.24, 2.45) is 4.99 Å². The Labute approximate surface area is 292 Å². The number of aliphatic hydroxyl groups excluding tert-OH is 1. The monoisotopic (exact) mass is 684 g/mol. The molecule has 0 radical (unpaired) electrons. The van der Waals surface area contributed by atoms with E-state index in [4.69, 9.17) is 0 Å². The summed E-state index contributed by atoms with van der Waals surface area (Å²) >= 11 is 0. The Morgan fingerprint density at radius 1 is 1.04 bits per heavy atom. The minimum atomic E-state index is -0.962. The summed E-state index contributed by atoms with van der Waals surface area (Å²) in [6, 6.07) is 18.7. The molecule has 258 valence electrons. The van der Waals surface area contributed by atoms with E-state index in [0.717, 1.165) is 26.8 Å².